The highest BCUT2D eigenvalue weighted by molar-refractivity contribution is 4.96. The predicted molar refractivity (Wildman–Crippen MR) is 81.1 cm³/mol. The molecule has 0 saturated heterocycles. The Hall–Kier alpha value is -0.340. The summed E-state index contributed by atoms with van der Waals surface area (Å²) in [4.78, 5) is 0. The third-order valence-corrected chi connectivity index (χ3v) is 3.76. The quantitative estimate of drug-likeness (QED) is 0.556. The van der Waals surface area contributed by atoms with E-state index in [1.807, 2.05) is 0 Å². The molecule has 2 nitrogen and oxygen atoms in total. The number of ether oxygens (including phenoxy) is 1. The second-order valence-corrected chi connectivity index (χ2v) is 5.21. The summed E-state index contributed by atoms with van der Waals surface area (Å²) >= 11 is 0. The minimum absolute atomic E-state index is 0.0145. The van der Waals surface area contributed by atoms with Gasteiger partial charge in [-0.1, -0.05) is 26.3 Å². The van der Waals surface area contributed by atoms with Crippen LogP contribution < -0.4 is 5.32 Å². The lowest BCUT2D eigenvalue weighted by molar-refractivity contribution is -0.0736. The van der Waals surface area contributed by atoms with Gasteiger partial charge in [-0.25, -0.2) is 0 Å². The molecule has 0 heterocycles. The molecule has 0 aromatic rings. The standard InChI is InChI=1S/C16H33NO/c1-7-13-17-15(12-11-14(5)6)16(8-2,9-3)18-10-4/h15,17H,5,7-13H2,1-4,6H3. The van der Waals surface area contributed by atoms with Crippen LogP contribution in [-0.2, 0) is 4.74 Å². The minimum atomic E-state index is -0.0145. The van der Waals surface area contributed by atoms with E-state index in [-0.39, 0.29) is 5.60 Å². The molecule has 18 heavy (non-hydrogen) atoms. The van der Waals surface area contributed by atoms with E-state index in [0.717, 1.165) is 38.8 Å². The average Bonchev–Trinajstić information content (AvgIpc) is 2.36. The lowest BCUT2D eigenvalue weighted by atomic mass is 9.84. The minimum Gasteiger partial charge on any atom is -0.374 e. The first-order chi connectivity index (χ1) is 8.56. The summed E-state index contributed by atoms with van der Waals surface area (Å²) in [7, 11) is 0. The zero-order valence-corrected chi connectivity index (χ0v) is 13.1. The highest BCUT2D eigenvalue weighted by atomic mass is 16.5. The van der Waals surface area contributed by atoms with Gasteiger partial charge in [0.2, 0.25) is 0 Å². The Morgan fingerprint density at radius 1 is 1.22 bits per heavy atom. The van der Waals surface area contributed by atoms with E-state index in [2.05, 4.69) is 46.5 Å². The Labute approximate surface area is 114 Å². The number of hydrogen-bond acceptors (Lipinski definition) is 2. The number of hydrogen-bond donors (Lipinski definition) is 1. The zero-order valence-electron chi connectivity index (χ0n) is 13.1. The zero-order chi connectivity index (χ0) is 14.0. The summed E-state index contributed by atoms with van der Waals surface area (Å²) in [5.41, 5.74) is 1.25. The van der Waals surface area contributed by atoms with Crippen LogP contribution in [0.1, 0.15) is 66.7 Å². The monoisotopic (exact) mass is 255 g/mol. The van der Waals surface area contributed by atoms with Crippen LogP contribution in [0.3, 0.4) is 0 Å². The number of rotatable bonds is 11. The van der Waals surface area contributed by atoms with E-state index in [4.69, 9.17) is 4.74 Å². The fourth-order valence-electron chi connectivity index (χ4n) is 2.60. The van der Waals surface area contributed by atoms with E-state index in [1.54, 1.807) is 0 Å². The second kappa shape index (κ2) is 9.57. The van der Waals surface area contributed by atoms with Crippen molar-refractivity contribution in [3.05, 3.63) is 12.2 Å². The van der Waals surface area contributed by atoms with E-state index >= 15 is 0 Å². The molecule has 0 aliphatic heterocycles. The summed E-state index contributed by atoms with van der Waals surface area (Å²) in [5.74, 6) is 0. The predicted octanol–water partition coefficient (Wildman–Crippen LogP) is 4.31. The molecule has 0 fully saturated rings. The van der Waals surface area contributed by atoms with Crippen molar-refractivity contribution in [1.29, 1.82) is 0 Å². The van der Waals surface area contributed by atoms with Gasteiger partial charge in [0.05, 0.1) is 5.60 Å². The molecule has 108 valence electrons. The first kappa shape index (κ1) is 17.7. The second-order valence-electron chi connectivity index (χ2n) is 5.21. The van der Waals surface area contributed by atoms with Crippen molar-refractivity contribution >= 4 is 0 Å². The highest BCUT2D eigenvalue weighted by Gasteiger charge is 2.35. The van der Waals surface area contributed by atoms with Crippen LogP contribution in [-0.4, -0.2) is 24.8 Å². The Kier molecular flexibility index (Phi) is 9.39. The summed E-state index contributed by atoms with van der Waals surface area (Å²) in [6.45, 7) is 16.8. The maximum absolute atomic E-state index is 6.13. The molecule has 0 bridgehead atoms. The largest absolute Gasteiger partial charge is 0.374 e. The Morgan fingerprint density at radius 3 is 2.22 bits per heavy atom. The van der Waals surface area contributed by atoms with Gasteiger partial charge in [-0.05, 0) is 52.5 Å². The first-order valence-corrected chi connectivity index (χ1v) is 7.57. The molecule has 0 aliphatic carbocycles. The topological polar surface area (TPSA) is 21.3 Å². The van der Waals surface area contributed by atoms with E-state index in [9.17, 15) is 0 Å². The molecule has 0 aromatic carbocycles. The van der Waals surface area contributed by atoms with Crippen molar-refractivity contribution < 1.29 is 4.74 Å². The average molecular weight is 255 g/mol. The van der Waals surface area contributed by atoms with Crippen LogP contribution >= 0.6 is 0 Å². The Bertz CT molecular complexity index is 221. The summed E-state index contributed by atoms with van der Waals surface area (Å²) in [5, 5.41) is 3.69. The van der Waals surface area contributed by atoms with Crippen molar-refractivity contribution in [3.63, 3.8) is 0 Å². The SMILES string of the molecule is C=C(C)CCC(NCCC)C(CC)(CC)OCC. The van der Waals surface area contributed by atoms with Crippen molar-refractivity contribution in [3.8, 4) is 0 Å². The van der Waals surface area contributed by atoms with Crippen LogP contribution in [0.4, 0.5) is 0 Å². The van der Waals surface area contributed by atoms with Crippen molar-refractivity contribution in [2.75, 3.05) is 13.2 Å². The highest BCUT2D eigenvalue weighted by Crippen LogP contribution is 2.28. The molecular weight excluding hydrogens is 222 g/mol. The van der Waals surface area contributed by atoms with Crippen molar-refractivity contribution in [2.45, 2.75) is 78.4 Å². The molecule has 0 aliphatic rings. The first-order valence-electron chi connectivity index (χ1n) is 7.57. The molecule has 0 saturated carbocycles. The third kappa shape index (κ3) is 5.53. The lowest BCUT2D eigenvalue weighted by Crippen LogP contribution is -2.52. The van der Waals surface area contributed by atoms with Crippen molar-refractivity contribution in [2.24, 2.45) is 0 Å². The van der Waals surface area contributed by atoms with Crippen LogP contribution in [0.25, 0.3) is 0 Å². The normalized spacial score (nSPS) is 13.6. The summed E-state index contributed by atoms with van der Waals surface area (Å²) in [6.07, 6.45) is 5.50. The van der Waals surface area contributed by atoms with Gasteiger partial charge in [0, 0.05) is 12.6 Å². The van der Waals surface area contributed by atoms with Gasteiger partial charge in [0.15, 0.2) is 0 Å². The van der Waals surface area contributed by atoms with Crippen LogP contribution in [0.2, 0.25) is 0 Å². The molecule has 0 radical (unpaired) electrons. The molecule has 0 amide bonds. The van der Waals surface area contributed by atoms with Gasteiger partial charge in [0.1, 0.15) is 0 Å². The van der Waals surface area contributed by atoms with Crippen LogP contribution in [0.15, 0.2) is 12.2 Å². The smallest absolute Gasteiger partial charge is 0.0829 e. The number of allylic oxidation sites excluding steroid dienone is 1. The van der Waals surface area contributed by atoms with Gasteiger partial charge in [0.25, 0.3) is 0 Å². The molecule has 1 unspecified atom stereocenters. The van der Waals surface area contributed by atoms with Gasteiger partial charge in [-0.2, -0.15) is 0 Å². The van der Waals surface area contributed by atoms with Gasteiger partial charge in [-0.3, -0.25) is 0 Å². The summed E-state index contributed by atoms with van der Waals surface area (Å²) < 4.78 is 6.13. The molecule has 1 atom stereocenters. The molecule has 1 N–H and O–H groups in total. The lowest BCUT2D eigenvalue weighted by Gasteiger charge is -2.40. The molecular formula is C16H33NO. The third-order valence-electron chi connectivity index (χ3n) is 3.76. The van der Waals surface area contributed by atoms with Gasteiger partial charge < -0.3 is 10.1 Å². The fraction of sp³-hybridized carbons (Fsp3) is 0.875. The molecule has 2 heteroatoms. The molecule has 0 aromatic heterocycles. The molecule has 0 spiro atoms. The van der Waals surface area contributed by atoms with Gasteiger partial charge >= 0.3 is 0 Å². The van der Waals surface area contributed by atoms with Crippen LogP contribution in [0.5, 0.6) is 0 Å². The Morgan fingerprint density at radius 2 is 1.83 bits per heavy atom. The maximum atomic E-state index is 6.13. The van der Waals surface area contributed by atoms with Crippen molar-refractivity contribution in [1.82, 2.24) is 5.32 Å². The van der Waals surface area contributed by atoms with E-state index in [0.29, 0.717) is 6.04 Å². The van der Waals surface area contributed by atoms with Crippen LogP contribution in [0, 0.1) is 0 Å². The molecule has 0 rings (SSSR count). The maximum Gasteiger partial charge on any atom is 0.0829 e. The fourth-order valence-corrected chi connectivity index (χ4v) is 2.60. The van der Waals surface area contributed by atoms with Gasteiger partial charge in [-0.15, -0.1) is 6.58 Å². The van der Waals surface area contributed by atoms with E-state index < -0.39 is 0 Å². The Balaban J connectivity index is 4.77. The number of nitrogens with one attached hydrogen (secondary N) is 1. The van der Waals surface area contributed by atoms with E-state index in [1.165, 1.54) is 12.0 Å². The summed E-state index contributed by atoms with van der Waals surface area (Å²) in [6, 6.07) is 0.434.